The Morgan fingerprint density at radius 3 is 2.71 bits per heavy atom. The molecule has 1 aromatic carbocycles. The van der Waals surface area contributed by atoms with E-state index in [1.54, 1.807) is 35.6 Å². The molecule has 0 bridgehead atoms. The van der Waals surface area contributed by atoms with Crippen molar-refractivity contribution in [3.8, 4) is 10.6 Å². The van der Waals surface area contributed by atoms with Gasteiger partial charge >= 0.3 is 0 Å². The molecule has 106 valence electrons. The molecule has 21 heavy (non-hydrogen) atoms. The summed E-state index contributed by atoms with van der Waals surface area (Å²) in [6.45, 7) is 0.314. The summed E-state index contributed by atoms with van der Waals surface area (Å²) in [5.74, 6) is 0. The van der Waals surface area contributed by atoms with E-state index in [4.69, 9.17) is 23.2 Å². The Labute approximate surface area is 135 Å². The topological polar surface area (TPSA) is 34.9 Å². The van der Waals surface area contributed by atoms with Crippen LogP contribution < -0.4 is 5.56 Å². The minimum Gasteiger partial charge on any atom is -0.268 e. The lowest BCUT2D eigenvalue weighted by atomic mass is 10.2. The molecule has 0 atom stereocenters. The van der Waals surface area contributed by atoms with Gasteiger partial charge in [-0.25, -0.2) is 4.68 Å². The lowest BCUT2D eigenvalue weighted by Gasteiger charge is -2.08. The highest BCUT2D eigenvalue weighted by molar-refractivity contribution is 7.13. The van der Waals surface area contributed by atoms with Gasteiger partial charge in [0, 0.05) is 16.1 Å². The van der Waals surface area contributed by atoms with Gasteiger partial charge in [0.05, 0.1) is 11.4 Å². The van der Waals surface area contributed by atoms with Gasteiger partial charge < -0.3 is 0 Å². The zero-order chi connectivity index (χ0) is 14.8. The molecular formula is C15H10Cl2N2OS. The zero-order valence-corrected chi connectivity index (χ0v) is 13.1. The highest BCUT2D eigenvalue weighted by Gasteiger charge is 2.07. The summed E-state index contributed by atoms with van der Waals surface area (Å²) in [5.41, 5.74) is 1.41. The SMILES string of the molecule is O=c1ccc(-c2cccs2)nn1Cc1ccc(Cl)cc1Cl. The minimum absolute atomic E-state index is 0.165. The predicted octanol–water partition coefficient (Wildman–Crippen LogP) is 4.33. The van der Waals surface area contributed by atoms with Gasteiger partial charge in [0.15, 0.2) is 0 Å². The van der Waals surface area contributed by atoms with E-state index in [2.05, 4.69) is 5.10 Å². The molecule has 0 radical (unpaired) electrons. The number of rotatable bonds is 3. The second-order valence-electron chi connectivity index (χ2n) is 4.43. The standard InChI is InChI=1S/C15H10Cl2N2OS/c16-11-4-3-10(12(17)8-11)9-19-15(20)6-5-13(18-19)14-2-1-7-21-14/h1-8H,9H2. The molecule has 3 rings (SSSR count). The molecular weight excluding hydrogens is 327 g/mol. The Morgan fingerprint density at radius 2 is 2.00 bits per heavy atom. The van der Waals surface area contributed by atoms with Gasteiger partial charge in [-0.1, -0.05) is 35.3 Å². The fourth-order valence-electron chi connectivity index (χ4n) is 1.93. The van der Waals surface area contributed by atoms with Crippen LogP contribution in [0.4, 0.5) is 0 Å². The van der Waals surface area contributed by atoms with Crippen LogP contribution in [0.25, 0.3) is 10.6 Å². The van der Waals surface area contributed by atoms with E-state index < -0.39 is 0 Å². The van der Waals surface area contributed by atoms with E-state index >= 15 is 0 Å². The van der Waals surface area contributed by atoms with Crippen LogP contribution in [0.2, 0.25) is 10.0 Å². The van der Waals surface area contributed by atoms with Crippen LogP contribution in [0, 0.1) is 0 Å². The van der Waals surface area contributed by atoms with Crippen LogP contribution in [0.15, 0.2) is 52.6 Å². The summed E-state index contributed by atoms with van der Waals surface area (Å²) in [6, 6.07) is 12.4. The maximum Gasteiger partial charge on any atom is 0.267 e. The number of thiophene rings is 1. The van der Waals surface area contributed by atoms with Crippen LogP contribution in [-0.2, 0) is 6.54 Å². The monoisotopic (exact) mass is 336 g/mol. The number of halogens is 2. The van der Waals surface area contributed by atoms with Crippen molar-refractivity contribution < 1.29 is 0 Å². The second kappa shape index (κ2) is 6.02. The van der Waals surface area contributed by atoms with Crippen molar-refractivity contribution in [2.75, 3.05) is 0 Å². The van der Waals surface area contributed by atoms with Crippen molar-refractivity contribution in [1.82, 2.24) is 9.78 Å². The van der Waals surface area contributed by atoms with E-state index in [1.165, 1.54) is 10.7 Å². The predicted molar refractivity (Wildman–Crippen MR) is 87.4 cm³/mol. The van der Waals surface area contributed by atoms with Crippen LogP contribution in [0.3, 0.4) is 0 Å². The van der Waals surface area contributed by atoms with Crippen molar-refractivity contribution in [1.29, 1.82) is 0 Å². The molecule has 0 saturated heterocycles. The lowest BCUT2D eigenvalue weighted by molar-refractivity contribution is 0.643. The summed E-state index contributed by atoms with van der Waals surface area (Å²) < 4.78 is 1.41. The molecule has 2 aromatic heterocycles. The van der Waals surface area contributed by atoms with E-state index in [0.29, 0.717) is 16.6 Å². The minimum atomic E-state index is -0.165. The normalized spacial score (nSPS) is 10.8. The molecule has 0 aliphatic heterocycles. The van der Waals surface area contributed by atoms with Crippen molar-refractivity contribution in [3.05, 3.63) is 73.8 Å². The quantitative estimate of drug-likeness (QED) is 0.713. The fraction of sp³-hybridized carbons (Fsp3) is 0.0667. The Hall–Kier alpha value is -1.62. The summed E-state index contributed by atoms with van der Waals surface area (Å²) in [6.07, 6.45) is 0. The van der Waals surface area contributed by atoms with Gasteiger partial charge in [-0.15, -0.1) is 11.3 Å². The Morgan fingerprint density at radius 1 is 1.14 bits per heavy atom. The molecule has 0 fully saturated rings. The number of hydrogen-bond acceptors (Lipinski definition) is 3. The molecule has 0 aliphatic carbocycles. The molecule has 3 aromatic rings. The van der Waals surface area contributed by atoms with E-state index in [0.717, 1.165) is 16.1 Å². The summed E-state index contributed by atoms with van der Waals surface area (Å²) in [7, 11) is 0. The van der Waals surface area contributed by atoms with Gasteiger partial charge in [0.1, 0.15) is 5.69 Å². The van der Waals surface area contributed by atoms with Gasteiger partial charge in [0.2, 0.25) is 0 Å². The van der Waals surface area contributed by atoms with Crippen molar-refractivity contribution in [3.63, 3.8) is 0 Å². The van der Waals surface area contributed by atoms with E-state index in [1.807, 2.05) is 17.5 Å². The zero-order valence-electron chi connectivity index (χ0n) is 10.8. The van der Waals surface area contributed by atoms with Gasteiger partial charge in [-0.3, -0.25) is 4.79 Å². The van der Waals surface area contributed by atoms with Gasteiger partial charge in [0.25, 0.3) is 5.56 Å². The molecule has 0 saturated carbocycles. The van der Waals surface area contributed by atoms with Crippen LogP contribution in [0.1, 0.15) is 5.56 Å². The Kier molecular flexibility index (Phi) is 4.10. The molecule has 0 spiro atoms. The smallest absolute Gasteiger partial charge is 0.267 e. The van der Waals surface area contributed by atoms with Crippen molar-refractivity contribution in [2.45, 2.75) is 6.54 Å². The van der Waals surface area contributed by atoms with Crippen LogP contribution in [0.5, 0.6) is 0 Å². The maximum absolute atomic E-state index is 12.0. The average Bonchev–Trinajstić information content (AvgIpc) is 2.98. The fourth-order valence-corrected chi connectivity index (χ4v) is 3.09. The molecule has 0 amide bonds. The van der Waals surface area contributed by atoms with Gasteiger partial charge in [-0.2, -0.15) is 5.10 Å². The van der Waals surface area contributed by atoms with Crippen LogP contribution in [-0.4, -0.2) is 9.78 Å². The number of aromatic nitrogens is 2. The number of hydrogen-bond donors (Lipinski definition) is 0. The number of benzene rings is 1. The average molecular weight is 337 g/mol. The molecule has 0 aliphatic rings. The second-order valence-corrected chi connectivity index (χ2v) is 6.22. The summed E-state index contributed by atoms with van der Waals surface area (Å²) in [4.78, 5) is 13.0. The summed E-state index contributed by atoms with van der Waals surface area (Å²) in [5, 5.41) is 7.46. The first-order valence-corrected chi connectivity index (χ1v) is 7.83. The molecule has 2 heterocycles. The largest absolute Gasteiger partial charge is 0.268 e. The summed E-state index contributed by atoms with van der Waals surface area (Å²) >= 11 is 13.6. The first-order valence-electron chi connectivity index (χ1n) is 6.19. The van der Waals surface area contributed by atoms with Crippen molar-refractivity contribution >= 4 is 34.5 Å². The molecule has 3 nitrogen and oxygen atoms in total. The molecule has 6 heteroatoms. The maximum atomic E-state index is 12.0. The molecule has 0 unspecified atom stereocenters. The first-order chi connectivity index (χ1) is 10.1. The third kappa shape index (κ3) is 3.18. The third-order valence-electron chi connectivity index (χ3n) is 2.98. The lowest BCUT2D eigenvalue weighted by Crippen LogP contribution is -2.22. The van der Waals surface area contributed by atoms with E-state index in [-0.39, 0.29) is 5.56 Å². The van der Waals surface area contributed by atoms with Crippen LogP contribution >= 0.6 is 34.5 Å². The highest BCUT2D eigenvalue weighted by atomic mass is 35.5. The van der Waals surface area contributed by atoms with E-state index in [9.17, 15) is 4.79 Å². The van der Waals surface area contributed by atoms with Crippen molar-refractivity contribution in [2.24, 2.45) is 0 Å². The van der Waals surface area contributed by atoms with Gasteiger partial charge in [-0.05, 0) is 35.2 Å². The molecule has 0 N–H and O–H groups in total. The highest BCUT2D eigenvalue weighted by Crippen LogP contribution is 2.23. The number of nitrogens with zero attached hydrogens (tertiary/aromatic N) is 2. The third-order valence-corrected chi connectivity index (χ3v) is 4.45. The first kappa shape index (κ1) is 14.3. The Balaban J connectivity index is 1.98. The Bertz CT molecular complexity index is 828.